The van der Waals surface area contributed by atoms with Gasteiger partial charge in [0.05, 0.1) is 18.0 Å². The van der Waals surface area contributed by atoms with Crippen LogP contribution in [-0.2, 0) is 16.6 Å². The summed E-state index contributed by atoms with van der Waals surface area (Å²) in [5.74, 6) is 0.167. The van der Waals surface area contributed by atoms with E-state index in [2.05, 4.69) is 10.3 Å². The predicted molar refractivity (Wildman–Crippen MR) is 65.9 cm³/mol. The standard InChI is InChI=1S/C11H17N3O2S/c15-17(16)9-7-12-5-3-8-14(17)10-11-4-1-2-6-13-11/h1-2,4,6,12H,3,5,7-10H2. The lowest BCUT2D eigenvalue weighted by molar-refractivity contribution is 0.383. The molecule has 0 spiro atoms. The van der Waals surface area contributed by atoms with Crippen LogP contribution < -0.4 is 5.32 Å². The largest absolute Gasteiger partial charge is 0.316 e. The van der Waals surface area contributed by atoms with Crippen molar-refractivity contribution in [2.45, 2.75) is 13.0 Å². The van der Waals surface area contributed by atoms with Crippen molar-refractivity contribution >= 4 is 10.0 Å². The number of hydrogen-bond acceptors (Lipinski definition) is 4. The van der Waals surface area contributed by atoms with E-state index >= 15 is 0 Å². The van der Waals surface area contributed by atoms with E-state index in [1.807, 2.05) is 18.2 Å². The zero-order chi connectivity index (χ0) is 12.1. The molecule has 2 rings (SSSR count). The highest BCUT2D eigenvalue weighted by Crippen LogP contribution is 2.09. The van der Waals surface area contributed by atoms with E-state index in [0.717, 1.165) is 18.7 Å². The fourth-order valence-corrected chi connectivity index (χ4v) is 3.22. The average molecular weight is 255 g/mol. The van der Waals surface area contributed by atoms with Crippen LogP contribution in [0.15, 0.2) is 24.4 Å². The van der Waals surface area contributed by atoms with Crippen molar-refractivity contribution < 1.29 is 8.42 Å². The first-order valence-corrected chi connectivity index (χ1v) is 7.38. The van der Waals surface area contributed by atoms with Gasteiger partial charge >= 0.3 is 0 Å². The highest BCUT2D eigenvalue weighted by Gasteiger charge is 2.23. The highest BCUT2D eigenvalue weighted by molar-refractivity contribution is 7.89. The van der Waals surface area contributed by atoms with Crippen molar-refractivity contribution in [2.75, 3.05) is 25.4 Å². The van der Waals surface area contributed by atoms with Crippen LogP contribution in [0.1, 0.15) is 12.1 Å². The van der Waals surface area contributed by atoms with Crippen LogP contribution in [0.4, 0.5) is 0 Å². The van der Waals surface area contributed by atoms with Crippen LogP contribution in [0.2, 0.25) is 0 Å². The molecule has 1 aromatic heterocycles. The maximum atomic E-state index is 12.0. The second-order valence-electron chi connectivity index (χ2n) is 4.07. The monoisotopic (exact) mass is 255 g/mol. The summed E-state index contributed by atoms with van der Waals surface area (Å²) < 4.78 is 25.6. The average Bonchev–Trinajstić information content (AvgIpc) is 2.31. The Hall–Kier alpha value is -0.980. The number of aromatic nitrogens is 1. The molecule has 0 aromatic carbocycles. The van der Waals surface area contributed by atoms with E-state index in [0.29, 0.717) is 19.6 Å². The maximum Gasteiger partial charge on any atom is 0.215 e. The van der Waals surface area contributed by atoms with E-state index in [4.69, 9.17) is 0 Å². The molecular formula is C11H17N3O2S. The van der Waals surface area contributed by atoms with Gasteiger partial charge in [-0.25, -0.2) is 8.42 Å². The molecular weight excluding hydrogens is 238 g/mol. The highest BCUT2D eigenvalue weighted by atomic mass is 32.2. The van der Waals surface area contributed by atoms with E-state index < -0.39 is 10.0 Å². The summed E-state index contributed by atoms with van der Waals surface area (Å²) in [5.41, 5.74) is 0.796. The van der Waals surface area contributed by atoms with Gasteiger partial charge in [0, 0.05) is 19.3 Å². The Bertz CT molecular complexity index is 447. The fraction of sp³-hybridized carbons (Fsp3) is 0.545. The van der Waals surface area contributed by atoms with Crippen molar-refractivity contribution in [3.05, 3.63) is 30.1 Å². The number of nitrogens with one attached hydrogen (secondary N) is 1. The zero-order valence-electron chi connectivity index (χ0n) is 9.67. The van der Waals surface area contributed by atoms with Crippen LogP contribution in [0.3, 0.4) is 0 Å². The van der Waals surface area contributed by atoms with Crippen molar-refractivity contribution in [3.63, 3.8) is 0 Å². The van der Waals surface area contributed by atoms with E-state index in [-0.39, 0.29) is 5.75 Å². The molecule has 0 aliphatic carbocycles. The molecule has 6 heteroatoms. The zero-order valence-corrected chi connectivity index (χ0v) is 10.5. The maximum absolute atomic E-state index is 12.0. The molecule has 1 aromatic rings. The molecule has 1 aliphatic rings. The molecule has 1 N–H and O–H groups in total. The molecule has 5 nitrogen and oxygen atoms in total. The molecule has 1 aliphatic heterocycles. The van der Waals surface area contributed by atoms with E-state index in [1.54, 1.807) is 6.20 Å². The van der Waals surface area contributed by atoms with Crippen LogP contribution >= 0.6 is 0 Å². The van der Waals surface area contributed by atoms with Crippen molar-refractivity contribution in [1.82, 2.24) is 14.6 Å². The molecule has 0 unspecified atom stereocenters. The normalized spacial score (nSPS) is 21.6. The Morgan fingerprint density at radius 1 is 1.35 bits per heavy atom. The third kappa shape index (κ3) is 3.49. The van der Waals surface area contributed by atoms with Gasteiger partial charge in [-0.05, 0) is 25.1 Å². The predicted octanol–water partition coefficient (Wildman–Crippen LogP) is 0.207. The summed E-state index contributed by atoms with van der Waals surface area (Å²) in [6, 6.07) is 5.56. The van der Waals surface area contributed by atoms with E-state index in [9.17, 15) is 8.42 Å². The van der Waals surface area contributed by atoms with Crippen molar-refractivity contribution in [2.24, 2.45) is 0 Å². The fourth-order valence-electron chi connectivity index (χ4n) is 1.82. The SMILES string of the molecule is O=S1(=O)CCNCCCN1Cc1ccccn1. The van der Waals surface area contributed by atoms with Gasteiger partial charge in [0.1, 0.15) is 0 Å². The van der Waals surface area contributed by atoms with Gasteiger partial charge in [0.25, 0.3) is 0 Å². The minimum absolute atomic E-state index is 0.167. The van der Waals surface area contributed by atoms with Gasteiger partial charge in [0.2, 0.25) is 10.0 Å². The van der Waals surface area contributed by atoms with Crippen LogP contribution in [0.25, 0.3) is 0 Å². The van der Waals surface area contributed by atoms with Gasteiger partial charge in [-0.15, -0.1) is 0 Å². The third-order valence-corrected chi connectivity index (χ3v) is 4.57. The quantitative estimate of drug-likeness (QED) is 0.820. The summed E-state index contributed by atoms with van der Waals surface area (Å²) in [6.07, 6.45) is 2.53. The Morgan fingerprint density at radius 2 is 2.24 bits per heavy atom. The lowest BCUT2D eigenvalue weighted by atomic mass is 10.3. The summed E-state index contributed by atoms with van der Waals surface area (Å²) >= 11 is 0. The molecule has 0 saturated carbocycles. The number of hydrogen-bond donors (Lipinski definition) is 1. The molecule has 94 valence electrons. The second kappa shape index (κ2) is 5.57. The molecule has 0 bridgehead atoms. The van der Waals surface area contributed by atoms with Gasteiger partial charge in [-0.1, -0.05) is 6.07 Å². The number of pyridine rings is 1. The summed E-state index contributed by atoms with van der Waals surface area (Å²) in [4.78, 5) is 4.17. The topological polar surface area (TPSA) is 62.3 Å². The molecule has 0 atom stereocenters. The lowest BCUT2D eigenvalue weighted by Crippen LogP contribution is -2.40. The Kier molecular flexibility index (Phi) is 4.09. The van der Waals surface area contributed by atoms with Crippen molar-refractivity contribution in [3.8, 4) is 0 Å². The lowest BCUT2D eigenvalue weighted by Gasteiger charge is -2.24. The Labute approximate surface area is 102 Å². The van der Waals surface area contributed by atoms with Gasteiger partial charge in [-0.3, -0.25) is 4.98 Å². The molecule has 1 fully saturated rings. The third-order valence-electron chi connectivity index (χ3n) is 2.76. The van der Waals surface area contributed by atoms with Gasteiger partial charge < -0.3 is 5.32 Å². The molecule has 1 saturated heterocycles. The first kappa shape index (κ1) is 12.5. The Morgan fingerprint density at radius 3 is 3.00 bits per heavy atom. The van der Waals surface area contributed by atoms with Crippen LogP contribution in [0, 0.1) is 0 Å². The molecule has 2 heterocycles. The molecule has 17 heavy (non-hydrogen) atoms. The summed E-state index contributed by atoms with van der Waals surface area (Å²) in [6.45, 7) is 2.34. The minimum atomic E-state index is -3.15. The first-order chi connectivity index (χ1) is 8.18. The van der Waals surface area contributed by atoms with Crippen LogP contribution in [-0.4, -0.2) is 43.1 Å². The van der Waals surface area contributed by atoms with Gasteiger partial charge in [0.15, 0.2) is 0 Å². The Balaban J connectivity index is 2.11. The summed E-state index contributed by atoms with van der Waals surface area (Å²) in [5, 5.41) is 3.11. The second-order valence-corrected chi connectivity index (χ2v) is 6.16. The summed E-state index contributed by atoms with van der Waals surface area (Å²) in [7, 11) is -3.15. The first-order valence-electron chi connectivity index (χ1n) is 5.77. The number of nitrogens with zero attached hydrogens (tertiary/aromatic N) is 2. The van der Waals surface area contributed by atoms with Crippen LogP contribution in [0.5, 0.6) is 0 Å². The smallest absolute Gasteiger partial charge is 0.215 e. The minimum Gasteiger partial charge on any atom is -0.316 e. The van der Waals surface area contributed by atoms with Crippen molar-refractivity contribution in [1.29, 1.82) is 0 Å². The van der Waals surface area contributed by atoms with Gasteiger partial charge in [-0.2, -0.15) is 4.31 Å². The number of rotatable bonds is 2. The van der Waals surface area contributed by atoms with E-state index in [1.165, 1.54) is 4.31 Å². The molecule has 0 radical (unpaired) electrons. The molecule has 0 amide bonds. The number of sulfonamides is 1.